The molecule has 0 saturated carbocycles. The molecule has 0 spiro atoms. The molecular weight excluding hydrogens is 594 g/mol. The van der Waals surface area contributed by atoms with Crippen molar-refractivity contribution in [1.82, 2.24) is 39.9 Å². The van der Waals surface area contributed by atoms with Gasteiger partial charge in [-0.25, -0.2) is 29.9 Å². The Hall–Kier alpha value is -4.65. The number of nitrogens with zero attached hydrogens (tertiary/aromatic N) is 6. The molecule has 0 aliphatic carbocycles. The van der Waals surface area contributed by atoms with Gasteiger partial charge in [-0.15, -0.1) is 0 Å². The highest BCUT2D eigenvalue weighted by Crippen LogP contribution is 2.39. The molecule has 2 aliphatic rings. The zero-order chi connectivity index (χ0) is 27.9. The Labute approximate surface area is 264 Å². The van der Waals surface area contributed by atoms with Crippen LogP contribution in [-0.4, -0.2) is 57.2 Å². The van der Waals surface area contributed by atoms with Gasteiger partial charge < -0.3 is 9.97 Å². The van der Waals surface area contributed by atoms with E-state index in [1.165, 1.54) is 0 Å². The van der Waals surface area contributed by atoms with E-state index in [1.54, 1.807) is 6.07 Å². The monoisotopic (exact) mass is 612 g/mol. The molecule has 2 N–H and O–H groups in total. The van der Waals surface area contributed by atoms with E-state index in [1.807, 2.05) is 78.9 Å². The Bertz CT molecular complexity index is 2460. The average Bonchev–Trinajstić information content (AvgIpc) is 3.74. The van der Waals surface area contributed by atoms with Crippen molar-refractivity contribution in [2.75, 3.05) is 0 Å². The second-order valence-electron chi connectivity index (χ2n) is 10.0. The molecule has 0 saturated heterocycles. The second kappa shape index (κ2) is 9.70. The Morgan fingerprint density at radius 2 is 0.814 bits per heavy atom. The number of rotatable bonds is 0. The van der Waals surface area contributed by atoms with E-state index in [0.29, 0.717) is 61.3 Å². The van der Waals surface area contributed by atoms with Crippen LogP contribution in [0.2, 0.25) is 10.0 Å². The number of hydrogen-bond acceptors (Lipinski definition) is 6. The van der Waals surface area contributed by atoms with Crippen LogP contribution in [0.1, 0.15) is 0 Å². The number of nitrogens with one attached hydrogen (secondary N) is 2. The van der Waals surface area contributed by atoms with E-state index in [0.717, 1.165) is 38.4 Å². The van der Waals surface area contributed by atoms with Crippen molar-refractivity contribution >= 4 is 84.7 Å². The van der Waals surface area contributed by atoms with Gasteiger partial charge in [-0.05, 0) is 12.1 Å². The highest BCUT2D eigenvalue weighted by Gasteiger charge is 2.22. The first-order chi connectivity index (χ1) is 20.6. The Kier molecular flexibility index (Phi) is 5.87. The van der Waals surface area contributed by atoms with E-state index < -0.39 is 0 Å². The smallest absolute Gasteiger partial charge is 0.187 e. The van der Waals surface area contributed by atoms with E-state index >= 15 is 0 Å². The molecule has 0 amide bonds. The third kappa shape index (κ3) is 3.90. The van der Waals surface area contributed by atoms with Gasteiger partial charge in [0.2, 0.25) is 0 Å². The highest BCUT2D eigenvalue weighted by atomic mass is 35.5. The summed E-state index contributed by atoms with van der Waals surface area (Å²) in [4.78, 5) is 36.5. The van der Waals surface area contributed by atoms with Crippen LogP contribution in [0.25, 0.3) is 89.7 Å². The highest BCUT2D eigenvalue weighted by molar-refractivity contribution is 6.46. The van der Waals surface area contributed by atoms with Crippen molar-refractivity contribution in [3.63, 3.8) is 0 Å². The molecule has 4 aromatic carbocycles. The fraction of sp³-hybridized carbons (Fsp3) is 0. The molecule has 2 aliphatic heterocycles. The first kappa shape index (κ1) is 26.0. The van der Waals surface area contributed by atoms with Crippen LogP contribution in [0.5, 0.6) is 0 Å². The van der Waals surface area contributed by atoms with E-state index in [9.17, 15) is 0 Å². The zero-order valence-electron chi connectivity index (χ0n) is 21.5. The van der Waals surface area contributed by atoms with Crippen LogP contribution in [0.15, 0.2) is 84.9 Å². The summed E-state index contributed by atoms with van der Waals surface area (Å²) in [7, 11) is 0. The Morgan fingerprint density at radius 1 is 0.419 bits per heavy atom. The van der Waals surface area contributed by atoms with Gasteiger partial charge in [0.05, 0.1) is 10.0 Å². The quantitative estimate of drug-likeness (QED) is 0.179. The summed E-state index contributed by atoms with van der Waals surface area (Å²) >= 11 is 13.2. The number of aromatic nitrogens is 8. The number of benzene rings is 4. The lowest BCUT2D eigenvalue weighted by molar-refractivity contribution is 1.19. The zero-order valence-corrected chi connectivity index (χ0v) is 23.0. The number of hydrogen-bond donors (Lipinski definition) is 2. The predicted molar refractivity (Wildman–Crippen MR) is 176 cm³/mol. The predicted octanol–water partition coefficient (Wildman–Crippen LogP) is 6.99. The SMILES string of the molecule is Clc1ccc2c3nc4nc(nc5[nH]c(nc6nc(nc([nH]3)c2c1Cl)-c1ccccc1-6)c1ccccc51)-c1ccccc1-4.[AlH3]. The van der Waals surface area contributed by atoms with Gasteiger partial charge in [0, 0.05) is 43.8 Å². The van der Waals surface area contributed by atoms with Crippen LogP contribution >= 0.6 is 23.2 Å². The van der Waals surface area contributed by atoms with Crippen molar-refractivity contribution in [2.45, 2.75) is 0 Å². The van der Waals surface area contributed by atoms with Crippen molar-refractivity contribution < 1.29 is 0 Å². The summed E-state index contributed by atoms with van der Waals surface area (Å²) in [6.07, 6.45) is 0. The van der Waals surface area contributed by atoms with Crippen molar-refractivity contribution in [1.29, 1.82) is 0 Å². The summed E-state index contributed by atoms with van der Waals surface area (Å²) in [5, 5.41) is 4.06. The van der Waals surface area contributed by atoms with Gasteiger partial charge in [0.15, 0.2) is 40.7 Å². The van der Waals surface area contributed by atoms with Crippen molar-refractivity contribution in [3.05, 3.63) is 95.0 Å². The molecule has 7 aromatic rings. The minimum absolute atomic E-state index is 0. The summed E-state index contributed by atoms with van der Waals surface area (Å²) < 4.78 is 0. The van der Waals surface area contributed by atoms with Crippen molar-refractivity contribution in [2.24, 2.45) is 0 Å². The molecule has 8 nitrogen and oxygen atoms in total. The molecule has 11 heteroatoms. The largest absolute Gasteiger partial charge is 0.324 e. The van der Waals surface area contributed by atoms with E-state index in [2.05, 4.69) is 9.97 Å². The van der Waals surface area contributed by atoms with Gasteiger partial charge in [-0.3, -0.25) is 0 Å². The molecule has 9 rings (SSSR count). The Balaban J connectivity index is 0.00000278. The fourth-order valence-corrected chi connectivity index (χ4v) is 6.08. The average molecular weight is 613 g/mol. The minimum Gasteiger partial charge on any atom is -0.324 e. The number of halogens is 2. The molecule has 8 bridgehead atoms. The van der Waals surface area contributed by atoms with E-state index in [-0.39, 0.29) is 17.4 Å². The molecule has 0 radical (unpaired) electrons. The normalized spacial score (nSPS) is 11.8. The lowest BCUT2D eigenvalue weighted by Gasteiger charge is -1.98. The summed E-state index contributed by atoms with van der Waals surface area (Å²) in [6.45, 7) is 0. The molecule has 3 aromatic heterocycles. The first-order valence-corrected chi connectivity index (χ1v) is 14.0. The topological polar surface area (TPSA) is 109 Å². The second-order valence-corrected chi connectivity index (χ2v) is 10.8. The first-order valence-electron chi connectivity index (χ1n) is 13.2. The van der Waals surface area contributed by atoms with Crippen LogP contribution in [-0.2, 0) is 0 Å². The lowest BCUT2D eigenvalue weighted by atomic mass is 10.1. The summed E-state index contributed by atoms with van der Waals surface area (Å²) in [5.41, 5.74) is 5.83. The summed E-state index contributed by atoms with van der Waals surface area (Å²) in [6, 6.07) is 27.4. The molecule has 204 valence electrons. The van der Waals surface area contributed by atoms with Crippen LogP contribution in [0.4, 0.5) is 0 Å². The third-order valence-electron chi connectivity index (χ3n) is 7.61. The van der Waals surface area contributed by atoms with Gasteiger partial charge >= 0.3 is 0 Å². The fourth-order valence-electron chi connectivity index (χ4n) is 5.67. The minimum atomic E-state index is 0. The maximum absolute atomic E-state index is 6.77. The van der Waals surface area contributed by atoms with Crippen molar-refractivity contribution in [3.8, 4) is 45.6 Å². The molecule has 0 unspecified atom stereocenters. The standard InChI is InChI=1S/C32H16Cl2N8.Al.3H/c33-22-14-13-21-23(24(22)34)32-41-30-20-12-6-5-11-19(20)28(39-30)37-26-16-8-2-1-7-15(16)25(35-26)36-27-17-9-3-4-10-18(17)29(38-27)40-31(21)42-32;;;;/h1-14H,(H2,35,36,37,38,39,40,41,42);;;;. The van der Waals surface area contributed by atoms with Gasteiger partial charge in [0.1, 0.15) is 22.6 Å². The van der Waals surface area contributed by atoms with Crippen LogP contribution in [0.3, 0.4) is 0 Å². The summed E-state index contributed by atoms with van der Waals surface area (Å²) in [5.74, 6) is 2.12. The van der Waals surface area contributed by atoms with Gasteiger partial charge in [-0.1, -0.05) is 96.0 Å². The number of H-pyrrole nitrogens is 2. The molecule has 5 heterocycles. The lowest BCUT2D eigenvalue weighted by Crippen LogP contribution is -1.83. The van der Waals surface area contributed by atoms with E-state index in [4.69, 9.17) is 53.1 Å². The number of aromatic amines is 2. The van der Waals surface area contributed by atoms with Crippen LogP contribution < -0.4 is 0 Å². The maximum Gasteiger partial charge on any atom is 0.187 e. The van der Waals surface area contributed by atoms with Crippen LogP contribution in [0, 0.1) is 0 Å². The molecule has 0 fully saturated rings. The Morgan fingerprint density at radius 3 is 1.30 bits per heavy atom. The third-order valence-corrected chi connectivity index (χ3v) is 8.41. The molecular formula is C32H19AlCl2N8. The van der Waals surface area contributed by atoms with Gasteiger partial charge in [-0.2, -0.15) is 0 Å². The van der Waals surface area contributed by atoms with Gasteiger partial charge in [0.25, 0.3) is 0 Å². The molecule has 43 heavy (non-hydrogen) atoms. The maximum atomic E-state index is 6.77. The number of fused-ring (bicyclic) bond motifs is 20. The molecule has 0 atom stereocenters.